The number of allylic oxidation sites excluding steroid dienone is 3. The van der Waals surface area contributed by atoms with Crippen LogP contribution >= 0.6 is 12.6 Å². The van der Waals surface area contributed by atoms with Crippen molar-refractivity contribution in [3.63, 3.8) is 0 Å². The Hall–Kier alpha value is -1.16. The Morgan fingerprint density at radius 3 is 2.47 bits per heavy atom. The highest BCUT2D eigenvalue weighted by Crippen LogP contribution is 2.17. The smallest absolute Gasteiger partial charge is 0.124 e. The summed E-state index contributed by atoms with van der Waals surface area (Å²) in [6, 6.07) is 0. The van der Waals surface area contributed by atoms with Crippen LogP contribution in [0.2, 0.25) is 0 Å². The van der Waals surface area contributed by atoms with Gasteiger partial charge in [0, 0.05) is 17.0 Å². The second-order valence-electron chi connectivity index (χ2n) is 4.93. The van der Waals surface area contributed by atoms with Gasteiger partial charge in [-0.1, -0.05) is 33.3 Å². The van der Waals surface area contributed by atoms with Gasteiger partial charge in [0.15, 0.2) is 0 Å². The van der Waals surface area contributed by atoms with Crippen LogP contribution in [0.15, 0.2) is 34.5 Å². The van der Waals surface area contributed by atoms with Crippen molar-refractivity contribution in [2.75, 3.05) is 0 Å². The molecule has 4 heteroatoms. The lowest BCUT2D eigenvalue weighted by molar-refractivity contribution is 0.549. The molecule has 3 nitrogen and oxygen atoms in total. The molecule has 0 aromatic heterocycles. The van der Waals surface area contributed by atoms with Gasteiger partial charge in [-0.05, 0) is 37.2 Å². The molecule has 0 amide bonds. The fraction of sp³-hybridized carbons (Fsp3) is 0.533. The summed E-state index contributed by atoms with van der Waals surface area (Å²) in [6.07, 6.45) is 5.29. The maximum Gasteiger partial charge on any atom is 0.124 e. The topological polar surface area (TPSA) is 61.9 Å². The van der Waals surface area contributed by atoms with E-state index in [4.69, 9.17) is 11.1 Å². The first-order chi connectivity index (χ1) is 8.79. The molecule has 0 aliphatic carbocycles. The summed E-state index contributed by atoms with van der Waals surface area (Å²) in [5, 5.41) is 10.9. The monoisotopic (exact) mass is 281 g/mol. The van der Waals surface area contributed by atoms with Gasteiger partial charge in [-0.2, -0.15) is 0 Å². The van der Waals surface area contributed by atoms with E-state index in [1.807, 2.05) is 13.8 Å². The molecule has 1 atom stereocenters. The number of unbranched alkanes of at least 4 members (excludes halogenated alkanes) is 1. The van der Waals surface area contributed by atoms with Crippen LogP contribution in [0.5, 0.6) is 0 Å². The van der Waals surface area contributed by atoms with Gasteiger partial charge in [-0.3, -0.25) is 5.41 Å². The maximum atomic E-state index is 7.61. The van der Waals surface area contributed by atoms with Gasteiger partial charge < -0.3 is 11.1 Å². The minimum Gasteiger partial charge on any atom is -0.384 e. The molecule has 0 saturated heterocycles. The minimum atomic E-state index is 0.0346. The highest BCUT2D eigenvalue weighted by atomic mass is 32.1. The Kier molecular flexibility index (Phi) is 8.32. The molecule has 0 saturated carbocycles. The number of rotatable bonds is 8. The van der Waals surface area contributed by atoms with Crippen LogP contribution in [-0.2, 0) is 0 Å². The molecule has 0 spiro atoms. The average Bonchev–Trinajstić information content (AvgIpc) is 2.31. The van der Waals surface area contributed by atoms with Gasteiger partial charge in [-0.25, -0.2) is 0 Å². The number of thiol groups is 1. The molecule has 0 aromatic carbocycles. The molecule has 0 radical (unpaired) electrons. The van der Waals surface area contributed by atoms with Crippen LogP contribution < -0.4 is 11.1 Å². The van der Waals surface area contributed by atoms with Crippen LogP contribution in [0.4, 0.5) is 0 Å². The van der Waals surface area contributed by atoms with Crippen molar-refractivity contribution in [1.29, 1.82) is 5.41 Å². The Bertz CT molecular complexity index is 390. The van der Waals surface area contributed by atoms with Crippen molar-refractivity contribution in [3.8, 4) is 0 Å². The molecule has 0 aromatic rings. The normalized spacial score (nSPS) is 14.7. The third kappa shape index (κ3) is 7.11. The van der Waals surface area contributed by atoms with Crippen molar-refractivity contribution >= 4 is 18.5 Å². The minimum absolute atomic E-state index is 0.0346. The standard InChI is InChI=1S/C15H27N3S/c1-6-7-8-10(2)12(4)18-13(5)14(15(16)17)9-11(3)19/h9-10,18-19H,4,6-8H2,1-3,5H3,(H3,16,17)/b11-9-,14-13-. The molecular weight excluding hydrogens is 254 g/mol. The van der Waals surface area contributed by atoms with Crippen molar-refractivity contribution < 1.29 is 0 Å². The predicted molar refractivity (Wildman–Crippen MR) is 88.3 cm³/mol. The molecule has 0 aliphatic rings. The molecule has 0 heterocycles. The third-order valence-corrected chi connectivity index (χ3v) is 3.11. The zero-order valence-corrected chi connectivity index (χ0v) is 13.4. The van der Waals surface area contributed by atoms with E-state index in [-0.39, 0.29) is 5.84 Å². The molecule has 108 valence electrons. The van der Waals surface area contributed by atoms with Gasteiger partial charge in [0.2, 0.25) is 0 Å². The molecule has 0 aliphatic heterocycles. The first kappa shape index (κ1) is 17.8. The predicted octanol–water partition coefficient (Wildman–Crippen LogP) is 3.96. The quantitative estimate of drug-likeness (QED) is 0.235. The van der Waals surface area contributed by atoms with E-state index in [1.54, 1.807) is 6.08 Å². The number of nitrogens with two attached hydrogens (primary N) is 1. The summed E-state index contributed by atoms with van der Waals surface area (Å²) in [7, 11) is 0. The Morgan fingerprint density at radius 2 is 2.05 bits per heavy atom. The highest BCUT2D eigenvalue weighted by molar-refractivity contribution is 7.84. The van der Waals surface area contributed by atoms with Crippen LogP contribution in [-0.4, -0.2) is 5.84 Å². The number of nitrogens with one attached hydrogen (secondary N) is 2. The largest absolute Gasteiger partial charge is 0.384 e. The molecular formula is C15H27N3S. The number of amidine groups is 1. The highest BCUT2D eigenvalue weighted by Gasteiger charge is 2.09. The van der Waals surface area contributed by atoms with Crippen molar-refractivity contribution in [2.45, 2.75) is 47.0 Å². The summed E-state index contributed by atoms with van der Waals surface area (Å²) in [5.74, 6) is 0.441. The lowest BCUT2D eigenvalue weighted by Gasteiger charge is -2.18. The Morgan fingerprint density at radius 1 is 1.47 bits per heavy atom. The summed E-state index contributed by atoms with van der Waals surface area (Å²) in [6.45, 7) is 12.2. The van der Waals surface area contributed by atoms with Gasteiger partial charge >= 0.3 is 0 Å². The van der Waals surface area contributed by atoms with E-state index < -0.39 is 0 Å². The van der Waals surface area contributed by atoms with Crippen LogP contribution in [0.1, 0.15) is 47.0 Å². The zero-order valence-electron chi connectivity index (χ0n) is 12.5. The summed E-state index contributed by atoms with van der Waals surface area (Å²) in [4.78, 5) is 0.816. The molecule has 1 unspecified atom stereocenters. The number of hydrogen-bond donors (Lipinski definition) is 4. The molecule has 4 N–H and O–H groups in total. The van der Waals surface area contributed by atoms with Gasteiger partial charge in [-0.15, -0.1) is 12.6 Å². The second-order valence-corrected chi connectivity index (χ2v) is 5.64. The average molecular weight is 281 g/mol. The third-order valence-electron chi connectivity index (χ3n) is 2.98. The van der Waals surface area contributed by atoms with E-state index in [2.05, 4.69) is 38.4 Å². The first-order valence-electron chi connectivity index (χ1n) is 6.67. The van der Waals surface area contributed by atoms with E-state index in [0.717, 1.165) is 22.7 Å². The maximum absolute atomic E-state index is 7.61. The Balaban J connectivity index is 4.88. The zero-order chi connectivity index (χ0) is 15.0. The lowest BCUT2D eigenvalue weighted by Crippen LogP contribution is -2.22. The van der Waals surface area contributed by atoms with E-state index in [0.29, 0.717) is 11.5 Å². The fourth-order valence-corrected chi connectivity index (χ4v) is 1.84. The Labute approximate surface area is 123 Å². The van der Waals surface area contributed by atoms with Crippen LogP contribution in [0.25, 0.3) is 0 Å². The van der Waals surface area contributed by atoms with E-state index in [1.165, 1.54) is 12.8 Å². The second kappa shape index (κ2) is 8.86. The van der Waals surface area contributed by atoms with Gasteiger partial charge in [0.1, 0.15) is 5.84 Å². The van der Waals surface area contributed by atoms with E-state index >= 15 is 0 Å². The van der Waals surface area contributed by atoms with E-state index in [9.17, 15) is 0 Å². The molecule has 0 rings (SSSR count). The lowest BCUT2D eigenvalue weighted by atomic mass is 10.0. The molecule has 19 heavy (non-hydrogen) atoms. The van der Waals surface area contributed by atoms with Crippen molar-refractivity contribution in [1.82, 2.24) is 5.32 Å². The molecule has 0 bridgehead atoms. The molecule has 0 fully saturated rings. The fourth-order valence-electron chi connectivity index (χ4n) is 1.71. The van der Waals surface area contributed by atoms with Crippen molar-refractivity contribution in [3.05, 3.63) is 34.5 Å². The van der Waals surface area contributed by atoms with Crippen LogP contribution in [0.3, 0.4) is 0 Å². The summed E-state index contributed by atoms with van der Waals surface area (Å²) in [5.41, 5.74) is 8.07. The summed E-state index contributed by atoms with van der Waals surface area (Å²) < 4.78 is 0. The van der Waals surface area contributed by atoms with Crippen LogP contribution in [0, 0.1) is 11.3 Å². The van der Waals surface area contributed by atoms with Gasteiger partial charge in [0.25, 0.3) is 0 Å². The SMILES string of the molecule is C=C(N/C(C)=C(/C=C(/C)S)C(=N)N)C(C)CCCC. The van der Waals surface area contributed by atoms with Crippen molar-refractivity contribution in [2.24, 2.45) is 11.7 Å². The first-order valence-corrected chi connectivity index (χ1v) is 7.12. The number of hydrogen-bond acceptors (Lipinski definition) is 3. The summed E-state index contributed by atoms with van der Waals surface area (Å²) >= 11 is 4.23. The van der Waals surface area contributed by atoms with Gasteiger partial charge in [0.05, 0.1) is 0 Å².